The van der Waals surface area contributed by atoms with E-state index in [-0.39, 0.29) is 17.2 Å². The molecule has 0 radical (unpaired) electrons. The quantitative estimate of drug-likeness (QED) is 0.275. The molecule has 0 aliphatic carbocycles. The summed E-state index contributed by atoms with van der Waals surface area (Å²) in [4.78, 5) is 5.01. The van der Waals surface area contributed by atoms with Crippen molar-refractivity contribution in [3.05, 3.63) is 35.2 Å². The van der Waals surface area contributed by atoms with Gasteiger partial charge < -0.3 is 11.1 Å². The number of halogens is 2. The Labute approximate surface area is 122 Å². The van der Waals surface area contributed by atoms with Crippen molar-refractivity contribution < 1.29 is 21.8 Å². The second-order valence-electron chi connectivity index (χ2n) is 4.15. The predicted molar refractivity (Wildman–Crippen MR) is 73.0 cm³/mol. The van der Waals surface area contributed by atoms with Crippen LogP contribution in [-0.2, 0) is 10.1 Å². The molecule has 1 atom stereocenters. The second-order valence-corrected chi connectivity index (χ2v) is 5.54. The van der Waals surface area contributed by atoms with Crippen molar-refractivity contribution >= 4 is 27.3 Å². The van der Waals surface area contributed by atoms with Crippen LogP contribution in [0.5, 0.6) is 0 Å². The van der Waals surface area contributed by atoms with Crippen LogP contribution in [0, 0.1) is 5.39 Å². The Morgan fingerprint density at radius 2 is 2.18 bits per heavy atom. The third kappa shape index (κ3) is 3.27. The number of anilines is 2. The van der Waals surface area contributed by atoms with Crippen LogP contribution in [0.3, 0.4) is 0 Å². The Bertz CT molecular complexity index is 832. The summed E-state index contributed by atoms with van der Waals surface area (Å²) in [6, 6.07) is 0.204. The number of nitrogens with zero attached hydrogens (tertiary/aromatic N) is 3. The molecule has 1 heterocycles. The van der Waals surface area contributed by atoms with Crippen LogP contribution in [0.15, 0.2) is 40.1 Å². The van der Waals surface area contributed by atoms with Crippen LogP contribution in [0.2, 0.25) is 0 Å². The smallest absolute Gasteiger partial charge is 0.398 e. The molecule has 1 unspecified atom stereocenters. The third-order valence-corrected chi connectivity index (χ3v) is 3.43. The summed E-state index contributed by atoms with van der Waals surface area (Å²) in [5, 5.41) is 12.5. The Hall–Kier alpha value is -2.78. The lowest BCUT2D eigenvalue weighted by Gasteiger charge is -2.13. The van der Waals surface area contributed by atoms with E-state index in [1.54, 1.807) is 5.32 Å². The minimum absolute atomic E-state index is 0.134. The van der Waals surface area contributed by atoms with Gasteiger partial charge in [-0.25, -0.2) is 5.32 Å². The first-order chi connectivity index (χ1) is 10.1. The Morgan fingerprint density at radius 1 is 1.50 bits per heavy atom. The number of benzene rings is 1. The molecule has 0 spiro atoms. The molecule has 0 saturated heterocycles. The fourth-order valence-electron chi connectivity index (χ4n) is 1.65. The number of amidine groups is 1. The first-order valence-corrected chi connectivity index (χ1v) is 7.01. The zero-order valence-electron chi connectivity index (χ0n) is 10.7. The van der Waals surface area contributed by atoms with E-state index < -0.39 is 27.0 Å². The molecule has 12 heteroatoms. The van der Waals surface area contributed by atoms with E-state index in [0.717, 1.165) is 18.2 Å². The number of nitrogen functional groups attached to an aromatic ring is 1. The lowest BCUT2D eigenvalue weighted by molar-refractivity contribution is 0.180. The highest BCUT2D eigenvalue weighted by Crippen LogP contribution is 2.24. The molecule has 0 amide bonds. The normalized spacial score (nSPS) is 21.2. The molecule has 1 aliphatic rings. The topological polar surface area (TPSA) is 145 Å². The lowest BCUT2D eigenvalue weighted by atomic mass is 10.2. The third-order valence-electron chi connectivity index (χ3n) is 2.50. The molecule has 0 aromatic heterocycles. The molecule has 0 saturated carbocycles. The molecule has 1 aromatic carbocycles. The van der Waals surface area contributed by atoms with Crippen molar-refractivity contribution in [2.24, 2.45) is 4.99 Å². The maximum Gasteiger partial charge on any atom is 0.656 e. The number of nitrogens with two attached hydrogens (primary N) is 1. The average molecular weight is 331 g/mol. The summed E-state index contributed by atoms with van der Waals surface area (Å²) in [5.74, 6) is -1.50. The van der Waals surface area contributed by atoms with Crippen molar-refractivity contribution in [3.63, 3.8) is 0 Å². The van der Waals surface area contributed by atoms with E-state index >= 15 is 0 Å². The Morgan fingerprint density at radius 3 is 2.73 bits per heavy atom. The number of rotatable bonds is 2. The van der Waals surface area contributed by atoms with Gasteiger partial charge in [-0.2, -0.15) is 12.8 Å². The molecule has 2 rings (SSSR count). The summed E-state index contributed by atoms with van der Waals surface area (Å²) < 4.78 is 57.7. The molecule has 9 nitrogen and oxygen atoms in total. The van der Waals surface area contributed by atoms with Crippen LogP contribution in [0.4, 0.5) is 20.2 Å². The van der Waals surface area contributed by atoms with Gasteiger partial charge in [0, 0.05) is 11.8 Å². The number of nitrogens with one attached hydrogen (secondary N) is 2. The van der Waals surface area contributed by atoms with Crippen molar-refractivity contribution in [2.75, 3.05) is 11.1 Å². The van der Waals surface area contributed by atoms with Crippen molar-refractivity contribution in [1.82, 2.24) is 5.32 Å². The Kier molecular flexibility index (Phi) is 3.69. The maximum atomic E-state index is 13.6. The van der Waals surface area contributed by atoms with Gasteiger partial charge >= 0.3 is 6.04 Å². The summed E-state index contributed by atoms with van der Waals surface area (Å²) in [6.45, 7) is 0. The maximum absolute atomic E-state index is 13.6. The number of hydrogen-bond acceptors (Lipinski definition) is 7. The van der Waals surface area contributed by atoms with Gasteiger partial charge in [0.15, 0.2) is 0 Å². The molecule has 1 aliphatic heterocycles. The fourth-order valence-corrected chi connectivity index (χ4v) is 2.25. The van der Waals surface area contributed by atoms with Crippen LogP contribution >= 0.6 is 0 Å². The Balaban J connectivity index is 2.32. The fraction of sp³-hybridized carbons (Fsp3) is 0.100. The molecule has 1 aromatic rings. The van der Waals surface area contributed by atoms with Crippen molar-refractivity contribution in [1.29, 1.82) is 5.39 Å². The summed E-state index contributed by atoms with van der Waals surface area (Å²) in [7, 11) is -4.49. The highest BCUT2D eigenvalue weighted by atomic mass is 32.2. The zero-order valence-corrected chi connectivity index (χ0v) is 11.5. The first kappa shape index (κ1) is 15.6. The molecule has 5 N–H and O–H groups in total. The molecule has 0 bridgehead atoms. The minimum Gasteiger partial charge on any atom is -0.398 e. The van der Waals surface area contributed by atoms with Gasteiger partial charge in [-0.05, 0) is 18.2 Å². The highest BCUT2D eigenvalue weighted by molar-refractivity contribution is 7.86. The summed E-state index contributed by atoms with van der Waals surface area (Å²) in [6.07, 6.45) is 0.774. The summed E-state index contributed by atoms with van der Waals surface area (Å²) in [5.41, 5.74) is 5.31. The lowest BCUT2D eigenvalue weighted by Crippen LogP contribution is -2.39. The van der Waals surface area contributed by atoms with Gasteiger partial charge in [0.2, 0.25) is 16.3 Å². The van der Waals surface area contributed by atoms with Gasteiger partial charge in [0.05, 0.1) is 5.69 Å². The zero-order chi connectivity index (χ0) is 16.5. The highest BCUT2D eigenvalue weighted by Gasteiger charge is 2.48. The monoisotopic (exact) mass is 331 g/mol. The molecule has 0 fully saturated rings. The first-order valence-electron chi connectivity index (χ1n) is 5.57. The predicted octanol–water partition coefficient (Wildman–Crippen LogP) is 1.17. The van der Waals surface area contributed by atoms with Crippen LogP contribution in [0.25, 0.3) is 4.98 Å². The number of diazo groups is 1. The van der Waals surface area contributed by atoms with E-state index in [0.29, 0.717) is 0 Å². The SMILES string of the molecule is N#[N+]C1(F)N=C(Nc2ccc(S(=O)(=O)O)c(N)c2)C=C(F)N1. The van der Waals surface area contributed by atoms with Gasteiger partial charge in [-0.3, -0.25) is 4.55 Å². The largest absolute Gasteiger partial charge is 0.656 e. The minimum atomic E-state index is -4.49. The van der Waals surface area contributed by atoms with Crippen molar-refractivity contribution in [3.8, 4) is 0 Å². The van der Waals surface area contributed by atoms with Crippen molar-refractivity contribution in [2.45, 2.75) is 10.9 Å². The van der Waals surface area contributed by atoms with Gasteiger partial charge in [0.25, 0.3) is 10.1 Å². The molecular formula is C10H9F2N6O3S+. The molecular weight excluding hydrogens is 322 g/mol. The van der Waals surface area contributed by atoms with Gasteiger partial charge in [-0.1, -0.05) is 0 Å². The number of alkyl halides is 1. The second kappa shape index (κ2) is 5.20. The average Bonchev–Trinajstić information content (AvgIpc) is 2.36. The van der Waals surface area contributed by atoms with E-state index in [4.69, 9.17) is 15.7 Å². The van der Waals surface area contributed by atoms with Gasteiger partial charge in [0.1, 0.15) is 10.7 Å². The number of hydrogen-bond donors (Lipinski definition) is 4. The molecule has 22 heavy (non-hydrogen) atoms. The van der Waals surface area contributed by atoms with E-state index in [2.05, 4.69) is 15.3 Å². The van der Waals surface area contributed by atoms with E-state index in [9.17, 15) is 17.2 Å². The standard InChI is InChI=1S/C10H8F2N6O3S/c11-8-4-9(17-10(12,16-8)18-14)15-5-1-2-7(6(13)3-5)22(19,20)21/h1-4,16H,13H2,(H-,15,17,19,20,21)/p+1. The van der Waals surface area contributed by atoms with E-state index in [1.807, 2.05) is 0 Å². The summed E-state index contributed by atoms with van der Waals surface area (Å²) >= 11 is 0. The van der Waals surface area contributed by atoms with Crippen LogP contribution in [-0.4, -0.2) is 24.8 Å². The number of aliphatic imine (C=N–C) groups is 1. The molecule has 116 valence electrons. The van der Waals surface area contributed by atoms with Crippen LogP contribution < -0.4 is 16.4 Å². The van der Waals surface area contributed by atoms with Crippen LogP contribution in [0.1, 0.15) is 0 Å². The van der Waals surface area contributed by atoms with E-state index in [1.165, 1.54) is 6.07 Å². The van der Waals surface area contributed by atoms with Gasteiger partial charge in [-0.15, -0.1) is 9.38 Å².